The minimum Gasteiger partial charge on any atom is -0.507 e. The first-order valence-electron chi connectivity index (χ1n) is 8.74. The molecule has 0 radical (unpaired) electrons. The van der Waals surface area contributed by atoms with Gasteiger partial charge in [0, 0.05) is 16.3 Å². The molecule has 0 aliphatic carbocycles. The number of nitrogens with one attached hydrogen (secondary N) is 2. The zero-order valence-corrected chi connectivity index (χ0v) is 16.3. The lowest BCUT2D eigenvalue weighted by Gasteiger charge is -2.07. The molecular formula is C22H18ClN3O3. The standard InChI is InChI=1S/C22H18ClN3O3/c1-14(25-26-22(29)19-4-2-3-5-20(19)27)15-8-12-18(13-9-15)24-21(28)16-6-10-17(23)11-7-16/h2-13,27H,1H3,(H,24,28)(H,26,29)/b25-14+. The van der Waals surface area contributed by atoms with Crippen LogP contribution in [0.15, 0.2) is 77.9 Å². The van der Waals surface area contributed by atoms with Crippen LogP contribution in [0.1, 0.15) is 33.2 Å². The van der Waals surface area contributed by atoms with Gasteiger partial charge >= 0.3 is 0 Å². The Morgan fingerprint density at radius 3 is 2.14 bits per heavy atom. The smallest absolute Gasteiger partial charge is 0.275 e. The molecule has 2 amide bonds. The number of benzene rings is 3. The maximum Gasteiger partial charge on any atom is 0.275 e. The Balaban J connectivity index is 1.63. The van der Waals surface area contributed by atoms with Crippen LogP contribution in [0.2, 0.25) is 5.02 Å². The van der Waals surface area contributed by atoms with Gasteiger partial charge in [0.05, 0.1) is 11.3 Å². The molecule has 0 saturated carbocycles. The second-order valence-corrected chi connectivity index (χ2v) is 6.63. The van der Waals surface area contributed by atoms with Gasteiger partial charge < -0.3 is 10.4 Å². The largest absolute Gasteiger partial charge is 0.507 e. The number of hydrazone groups is 1. The number of hydrogen-bond donors (Lipinski definition) is 3. The second kappa shape index (κ2) is 9.03. The summed E-state index contributed by atoms with van der Waals surface area (Å²) in [7, 11) is 0. The molecule has 0 aliphatic rings. The third-order valence-electron chi connectivity index (χ3n) is 4.14. The monoisotopic (exact) mass is 407 g/mol. The number of phenolic OH excluding ortho intramolecular Hbond substituents is 1. The van der Waals surface area contributed by atoms with Crippen LogP contribution in [0.5, 0.6) is 5.75 Å². The molecule has 3 aromatic rings. The maximum atomic E-state index is 12.2. The average Bonchev–Trinajstić information content (AvgIpc) is 2.73. The molecule has 7 heteroatoms. The van der Waals surface area contributed by atoms with Gasteiger partial charge in [-0.15, -0.1) is 0 Å². The Labute approximate surface area is 172 Å². The van der Waals surface area contributed by atoms with E-state index in [1.807, 2.05) is 0 Å². The molecule has 0 spiro atoms. The molecular weight excluding hydrogens is 390 g/mol. The minimum absolute atomic E-state index is 0.112. The van der Waals surface area contributed by atoms with Gasteiger partial charge in [-0.3, -0.25) is 9.59 Å². The van der Waals surface area contributed by atoms with Crippen molar-refractivity contribution in [2.75, 3.05) is 5.32 Å². The van der Waals surface area contributed by atoms with E-state index in [9.17, 15) is 14.7 Å². The Morgan fingerprint density at radius 2 is 1.48 bits per heavy atom. The summed E-state index contributed by atoms with van der Waals surface area (Å²) in [5, 5.41) is 17.1. The maximum absolute atomic E-state index is 12.2. The fourth-order valence-electron chi connectivity index (χ4n) is 2.52. The molecule has 0 atom stereocenters. The van der Waals surface area contributed by atoms with E-state index in [1.54, 1.807) is 67.6 Å². The molecule has 0 fully saturated rings. The second-order valence-electron chi connectivity index (χ2n) is 6.19. The first kappa shape index (κ1) is 20.1. The summed E-state index contributed by atoms with van der Waals surface area (Å²) in [6, 6.07) is 19.9. The summed E-state index contributed by atoms with van der Waals surface area (Å²) in [6.07, 6.45) is 0. The topological polar surface area (TPSA) is 90.8 Å². The Morgan fingerprint density at radius 1 is 0.862 bits per heavy atom. The first-order valence-corrected chi connectivity index (χ1v) is 9.12. The van der Waals surface area contributed by atoms with E-state index in [4.69, 9.17) is 11.6 Å². The molecule has 146 valence electrons. The number of phenols is 1. The number of carbonyl (C=O) groups is 2. The number of para-hydroxylation sites is 1. The minimum atomic E-state index is -0.505. The van der Waals surface area contributed by atoms with Crippen molar-refractivity contribution in [1.82, 2.24) is 5.43 Å². The predicted molar refractivity (Wildman–Crippen MR) is 114 cm³/mol. The van der Waals surface area contributed by atoms with Crippen LogP contribution in [-0.4, -0.2) is 22.6 Å². The number of hydrogen-bond acceptors (Lipinski definition) is 4. The SMILES string of the molecule is C/C(=N\NC(=O)c1ccccc1O)c1ccc(NC(=O)c2ccc(Cl)cc2)cc1. The summed E-state index contributed by atoms with van der Waals surface area (Å²) in [4.78, 5) is 24.3. The van der Waals surface area contributed by atoms with Crippen molar-refractivity contribution in [1.29, 1.82) is 0 Å². The zero-order chi connectivity index (χ0) is 20.8. The molecule has 0 unspecified atom stereocenters. The third-order valence-corrected chi connectivity index (χ3v) is 4.39. The zero-order valence-electron chi connectivity index (χ0n) is 15.5. The van der Waals surface area contributed by atoms with Crippen LogP contribution < -0.4 is 10.7 Å². The van der Waals surface area contributed by atoms with E-state index >= 15 is 0 Å². The molecule has 3 N–H and O–H groups in total. The number of nitrogens with zero attached hydrogens (tertiary/aromatic N) is 1. The van der Waals surface area contributed by atoms with Gasteiger partial charge in [-0.2, -0.15) is 5.10 Å². The number of rotatable bonds is 5. The van der Waals surface area contributed by atoms with Crippen LogP contribution in [0.3, 0.4) is 0 Å². The molecule has 0 bridgehead atoms. The van der Waals surface area contributed by atoms with E-state index in [2.05, 4.69) is 15.8 Å². The quantitative estimate of drug-likeness (QED) is 0.431. The van der Waals surface area contributed by atoms with Crippen LogP contribution in [-0.2, 0) is 0 Å². The molecule has 0 heterocycles. The summed E-state index contributed by atoms with van der Waals surface area (Å²) in [5.41, 5.74) is 5.03. The fraction of sp³-hybridized carbons (Fsp3) is 0.0455. The lowest BCUT2D eigenvalue weighted by molar-refractivity contribution is 0.0951. The predicted octanol–water partition coefficient (Wildman–Crippen LogP) is 4.45. The van der Waals surface area contributed by atoms with Crippen LogP contribution in [0.25, 0.3) is 0 Å². The van der Waals surface area contributed by atoms with Gasteiger partial charge in [0.1, 0.15) is 5.75 Å². The highest BCUT2D eigenvalue weighted by atomic mass is 35.5. The van der Waals surface area contributed by atoms with E-state index < -0.39 is 5.91 Å². The first-order chi connectivity index (χ1) is 13.9. The summed E-state index contributed by atoms with van der Waals surface area (Å²) in [5.74, 6) is -0.859. The average molecular weight is 408 g/mol. The van der Waals surface area contributed by atoms with Gasteiger partial charge in [0.2, 0.25) is 0 Å². The highest BCUT2D eigenvalue weighted by Crippen LogP contribution is 2.16. The number of aromatic hydroxyl groups is 1. The van der Waals surface area contributed by atoms with E-state index in [-0.39, 0.29) is 17.2 Å². The number of halogens is 1. The van der Waals surface area contributed by atoms with Crippen molar-refractivity contribution in [3.05, 3.63) is 94.5 Å². The Bertz CT molecular complexity index is 1060. The van der Waals surface area contributed by atoms with Gasteiger partial charge in [0.15, 0.2) is 0 Å². The van der Waals surface area contributed by atoms with Crippen molar-refractivity contribution in [2.45, 2.75) is 6.92 Å². The van der Waals surface area contributed by atoms with Crippen LogP contribution in [0.4, 0.5) is 5.69 Å². The molecule has 0 aliphatic heterocycles. The van der Waals surface area contributed by atoms with Crippen molar-refractivity contribution < 1.29 is 14.7 Å². The molecule has 29 heavy (non-hydrogen) atoms. The van der Waals surface area contributed by atoms with E-state index in [0.29, 0.717) is 22.0 Å². The lowest BCUT2D eigenvalue weighted by Crippen LogP contribution is -2.19. The molecule has 0 aromatic heterocycles. The molecule has 6 nitrogen and oxygen atoms in total. The van der Waals surface area contributed by atoms with E-state index in [0.717, 1.165) is 5.56 Å². The molecule has 0 saturated heterocycles. The third kappa shape index (κ3) is 5.21. The number of amides is 2. The molecule has 3 aromatic carbocycles. The van der Waals surface area contributed by atoms with Gasteiger partial charge in [0.25, 0.3) is 11.8 Å². The lowest BCUT2D eigenvalue weighted by atomic mass is 10.1. The fourth-order valence-corrected chi connectivity index (χ4v) is 2.65. The summed E-state index contributed by atoms with van der Waals surface area (Å²) >= 11 is 5.83. The van der Waals surface area contributed by atoms with Gasteiger partial charge in [-0.25, -0.2) is 5.43 Å². The molecule has 3 rings (SSSR count). The van der Waals surface area contributed by atoms with Crippen molar-refractivity contribution in [2.24, 2.45) is 5.10 Å². The summed E-state index contributed by atoms with van der Waals surface area (Å²) < 4.78 is 0. The number of carbonyl (C=O) groups excluding carboxylic acids is 2. The van der Waals surface area contributed by atoms with Gasteiger partial charge in [-0.05, 0) is 61.0 Å². The highest BCUT2D eigenvalue weighted by Gasteiger charge is 2.10. The van der Waals surface area contributed by atoms with Gasteiger partial charge in [-0.1, -0.05) is 35.9 Å². The van der Waals surface area contributed by atoms with Crippen molar-refractivity contribution >= 4 is 34.8 Å². The number of anilines is 1. The Kier molecular flexibility index (Phi) is 6.26. The normalized spacial score (nSPS) is 11.0. The van der Waals surface area contributed by atoms with Crippen molar-refractivity contribution in [3.8, 4) is 5.75 Å². The Hall–Kier alpha value is -3.64. The van der Waals surface area contributed by atoms with E-state index in [1.165, 1.54) is 12.1 Å². The van der Waals surface area contributed by atoms with Crippen LogP contribution >= 0.6 is 11.6 Å². The van der Waals surface area contributed by atoms with Crippen molar-refractivity contribution in [3.63, 3.8) is 0 Å². The summed E-state index contributed by atoms with van der Waals surface area (Å²) in [6.45, 7) is 1.74. The van der Waals surface area contributed by atoms with Crippen LogP contribution in [0, 0.1) is 0 Å². The highest BCUT2D eigenvalue weighted by molar-refractivity contribution is 6.30.